The normalized spacial score (nSPS) is 11.5. The molecule has 5 aromatic rings. The van der Waals surface area contributed by atoms with Crippen molar-refractivity contribution in [2.24, 2.45) is 0 Å². The van der Waals surface area contributed by atoms with E-state index >= 15 is 0 Å². The molecule has 0 aliphatic carbocycles. The molecule has 0 fully saturated rings. The zero-order valence-electron chi connectivity index (χ0n) is 23.6. The Morgan fingerprint density at radius 1 is 0.545 bits per heavy atom. The molecular weight excluding hydrogens is 581 g/mol. The first-order valence-corrected chi connectivity index (χ1v) is 14.1. The fourth-order valence-corrected chi connectivity index (χ4v) is 4.94. The smallest absolute Gasteiger partial charge is 0.429 e. The van der Waals surface area contributed by atoms with Gasteiger partial charge in [-0.25, -0.2) is 22.0 Å². The lowest BCUT2D eigenvalue weighted by atomic mass is 9.98. The quantitative estimate of drug-likeness (QED) is 0.0871. The number of alkyl halides is 2. The molecule has 5 rings (SSSR count). The Morgan fingerprint density at radius 2 is 1.09 bits per heavy atom. The molecule has 44 heavy (non-hydrogen) atoms. The average molecular weight is 609 g/mol. The Morgan fingerprint density at radius 3 is 1.66 bits per heavy atom. The van der Waals surface area contributed by atoms with E-state index in [1.807, 2.05) is 12.1 Å². The third-order valence-corrected chi connectivity index (χ3v) is 7.34. The van der Waals surface area contributed by atoms with Gasteiger partial charge in [0.15, 0.2) is 17.5 Å². The standard InChI is InChI=1S/C36H27F7O/c1-2-3-4-5-22-6-8-23(9-7-22)24-10-12-25(13-11-24)26-14-17-30(32(38)18-26)36(42,43)44-28-15-16-29(31(37)21-28)27-19-33(39)35(41)34(40)20-27/h6-21H,2-5H2,1H3. The van der Waals surface area contributed by atoms with Crippen LogP contribution in [0.1, 0.15) is 37.3 Å². The Bertz CT molecular complexity index is 1740. The molecule has 0 bridgehead atoms. The van der Waals surface area contributed by atoms with Gasteiger partial charge in [-0.2, -0.15) is 8.78 Å². The van der Waals surface area contributed by atoms with Crippen molar-refractivity contribution in [2.75, 3.05) is 0 Å². The maximum Gasteiger partial charge on any atom is 0.429 e. The molecule has 1 nitrogen and oxygen atoms in total. The zero-order valence-corrected chi connectivity index (χ0v) is 23.6. The molecule has 0 N–H and O–H groups in total. The highest BCUT2D eigenvalue weighted by Gasteiger charge is 2.38. The number of aryl methyl sites for hydroxylation is 1. The van der Waals surface area contributed by atoms with Gasteiger partial charge >= 0.3 is 6.11 Å². The van der Waals surface area contributed by atoms with Gasteiger partial charge < -0.3 is 4.74 Å². The third-order valence-electron chi connectivity index (χ3n) is 7.34. The van der Waals surface area contributed by atoms with Crippen LogP contribution >= 0.6 is 0 Å². The molecule has 0 spiro atoms. The summed E-state index contributed by atoms with van der Waals surface area (Å²) in [7, 11) is 0. The van der Waals surface area contributed by atoms with Gasteiger partial charge in [-0.3, -0.25) is 0 Å². The highest BCUT2D eigenvalue weighted by Crippen LogP contribution is 2.37. The van der Waals surface area contributed by atoms with Crippen LogP contribution in [0.4, 0.5) is 30.7 Å². The van der Waals surface area contributed by atoms with E-state index in [1.165, 1.54) is 24.5 Å². The molecule has 0 aromatic heterocycles. The predicted molar refractivity (Wildman–Crippen MR) is 157 cm³/mol. The van der Waals surface area contributed by atoms with Gasteiger partial charge in [0.1, 0.15) is 17.4 Å². The molecule has 8 heteroatoms. The zero-order chi connectivity index (χ0) is 31.4. The van der Waals surface area contributed by atoms with Crippen LogP contribution in [0.15, 0.2) is 97.1 Å². The van der Waals surface area contributed by atoms with Crippen LogP contribution in [0.3, 0.4) is 0 Å². The van der Waals surface area contributed by atoms with Crippen LogP contribution in [0.2, 0.25) is 0 Å². The van der Waals surface area contributed by atoms with Crippen LogP contribution in [-0.4, -0.2) is 0 Å². The number of ether oxygens (including phenoxy) is 1. The summed E-state index contributed by atoms with van der Waals surface area (Å²) in [4.78, 5) is 0. The van der Waals surface area contributed by atoms with Crippen molar-refractivity contribution in [1.82, 2.24) is 0 Å². The van der Waals surface area contributed by atoms with E-state index in [0.29, 0.717) is 29.3 Å². The van der Waals surface area contributed by atoms with Crippen LogP contribution in [0.25, 0.3) is 33.4 Å². The summed E-state index contributed by atoms with van der Waals surface area (Å²) in [6.07, 6.45) is 0.354. The summed E-state index contributed by atoms with van der Waals surface area (Å²) >= 11 is 0. The van der Waals surface area contributed by atoms with Gasteiger partial charge in [0.2, 0.25) is 0 Å². The lowest BCUT2D eigenvalue weighted by molar-refractivity contribution is -0.187. The van der Waals surface area contributed by atoms with Gasteiger partial charge in [-0.1, -0.05) is 74.4 Å². The summed E-state index contributed by atoms with van der Waals surface area (Å²) in [5, 5.41) is 0. The molecule has 0 aliphatic rings. The van der Waals surface area contributed by atoms with Gasteiger partial charge in [-0.15, -0.1) is 0 Å². The summed E-state index contributed by atoms with van der Waals surface area (Å²) < 4.78 is 105. The fraction of sp³-hybridized carbons (Fsp3) is 0.167. The van der Waals surface area contributed by atoms with E-state index < -0.39 is 46.5 Å². The monoisotopic (exact) mass is 608 g/mol. The van der Waals surface area contributed by atoms with Crippen LogP contribution in [0, 0.1) is 29.1 Å². The Hall–Kier alpha value is -4.59. The van der Waals surface area contributed by atoms with Crippen LogP contribution in [-0.2, 0) is 12.5 Å². The van der Waals surface area contributed by atoms with Crippen molar-refractivity contribution in [3.05, 3.63) is 137 Å². The predicted octanol–water partition coefficient (Wildman–Crippen LogP) is 11.2. The van der Waals surface area contributed by atoms with Gasteiger partial charge in [-0.05, 0) is 82.6 Å². The minimum absolute atomic E-state index is 0.345. The number of rotatable bonds is 10. The summed E-state index contributed by atoms with van der Waals surface area (Å²) in [5.41, 5.74) is 2.45. The van der Waals surface area contributed by atoms with Gasteiger partial charge in [0, 0.05) is 11.6 Å². The lowest BCUT2D eigenvalue weighted by Crippen LogP contribution is -2.23. The highest BCUT2D eigenvalue weighted by molar-refractivity contribution is 5.71. The molecule has 0 atom stereocenters. The van der Waals surface area contributed by atoms with Gasteiger partial charge in [0.25, 0.3) is 0 Å². The van der Waals surface area contributed by atoms with Gasteiger partial charge in [0.05, 0.1) is 5.56 Å². The van der Waals surface area contributed by atoms with Crippen LogP contribution < -0.4 is 4.74 Å². The molecule has 0 saturated carbocycles. The Labute approximate surface area is 250 Å². The van der Waals surface area contributed by atoms with Crippen LogP contribution in [0.5, 0.6) is 5.75 Å². The number of hydrogen-bond acceptors (Lipinski definition) is 1. The van der Waals surface area contributed by atoms with E-state index in [0.717, 1.165) is 48.2 Å². The molecule has 5 aromatic carbocycles. The first kappa shape index (κ1) is 30.9. The highest BCUT2D eigenvalue weighted by atomic mass is 19.3. The molecule has 0 heterocycles. The number of halogens is 7. The molecule has 0 amide bonds. The van der Waals surface area contributed by atoms with E-state index in [9.17, 15) is 30.7 Å². The number of hydrogen-bond donors (Lipinski definition) is 0. The largest absolute Gasteiger partial charge is 0.429 e. The maximum absolute atomic E-state index is 15.0. The van der Waals surface area contributed by atoms with E-state index in [2.05, 4.69) is 35.9 Å². The van der Waals surface area contributed by atoms with E-state index in [-0.39, 0.29) is 11.1 Å². The van der Waals surface area contributed by atoms with E-state index in [1.54, 1.807) is 12.1 Å². The minimum atomic E-state index is -4.18. The third kappa shape index (κ3) is 6.80. The topological polar surface area (TPSA) is 9.23 Å². The summed E-state index contributed by atoms with van der Waals surface area (Å²) in [6, 6.07) is 22.4. The van der Waals surface area contributed by atoms with Crippen molar-refractivity contribution in [1.29, 1.82) is 0 Å². The molecule has 0 aliphatic heterocycles. The first-order valence-electron chi connectivity index (χ1n) is 14.1. The lowest BCUT2D eigenvalue weighted by Gasteiger charge is -2.20. The van der Waals surface area contributed by atoms with Crippen molar-refractivity contribution in [3.63, 3.8) is 0 Å². The Kier molecular flexibility index (Phi) is 9.09. The summed E-state index contributed by atoms with van der Waals surface area (Å²) in [6.45, 7) is 2.17. The van der Waals surface area contributed by atoms with Crippen molar-refractivity contribution < 1.29 is 35.5 Å². The Balaban J connectivity index is 1.29. The molecule has 226 valence electrons. The average Bonchev–Trinajstić information content (AvgIpc) is 3.00. The summed E-state index contributed by atoms with van der Waals surface area (Å²) in [5.74, 6) is -7.85. The molecule has 0 saturated heterocycles. The minimum Gasteiger partial charge on any atom is -0.429 e. The van der Waals surface area contributed by atoms with Crippen molar-refractivity contribution in [3.8, 4) is 39.1 Å². The SMILES string of the molecule is CCCCCc1ccc(-c2ccc(-c3ccc(C(F)(F)Oc4ccc(-c5cc(F)c(F)c(F)c5)c(F)c4)c(F)c3)cc2)cc1. The fourth-order valence-electron chi connectivity index (χ4n) is 4.94. The molecule has 0 unspecified atom stereocenters. The van der Waals surface area contributed by atoms with Crippen molar-refractivity contribution >= 4 is 0 Å². The second kappa shape index (κ2) is 13.0. The second-order valence-corrected chi connectivity index (χ2v) is 10.4. The molecule has 0 radical (unpaired) electrons. The van der Waals surface area contributed by atoms with E-state index in [4.69, 9.17) is 0 Å². The van der Waals surface area contributed by atoms with Crippen molar-refractivity contribution in [2.45, 2.75) is 38.7 Å². The maximum atomic E-state index is 15.0. The first-order chi connectivity index (χ1) is 21.1. The number of unbranched alkanes of at least 4 members (excludes halogenated alkanes) is 2. The molecular formula is C36H27F7O. The number of benzene rings is 5. The second-order valence-electron chi connectivity index (χ2n) is 10.4.